The number of nitrogens with zero attached hydrogens (tertiary/aromatic N) is 3. The van der Waals surface area contributed by atoms with Crippen LogP contribution in [0.15, 0.2) is 53.7 Å². The molecule has 0 spiro atoms. The summed E-state index contributed by atoms with van der Waals surface area (Å²) in [7, 11) is 0. The summed E-state index contributed by atoms with van der Waals surface area (Å²) in [6, 6.07) is 13.6. The van der Waals surface area contributed by atoms with E-state index in [1.54, 1.807) is 12.1 Å². The summed E-state index contributed by atoms with van der Waals surface area (Å²) < 4.78 is 0. The molecule has 0 bridgehead atoms. The Kier molecular flexibility index (Phi) is 3.07. The lowest BCUT2D eigenvalue weighted by atomic mass is 9.96. The van der Waals surface area contributed by atoms with Crippen LogP contribution in [0.5, 0.6) is 5.75 Å². The summed E-state index contributed by atoms with van der Waals surface area (Å²) in [6.45, 7) is 1.01. The van der Waals surface area contributed by atoms with Crippen LogP contribution in [0.4, 0.5) is 0 Å². The molecule has 1 N–H and O–H groups in total. The van der Waals surface area contributed by atoms with Crippen LogP contribution >= 0.6 is 11.8 Å². The molecule has 0 saturated carbocycles. The SMILES string of the molecule is Oc1ccc([C@@H]2[C@H](c3ccccn3)N=C3SCCN32)cc1. The number of fused-ring (bicyclic) bond motifs is 1. The maximum atomic E-state index is 9.51. The fourth-order valence-corrected chi connectivity index (χ4v) is 3.99. The average Bonchev–Trinajstić information content (AvgIpc) is 3.10. The first-order valence-electron chi connectivity index (χ1n) is 7.00. The molecule has 0 amide bonds. The van der Waals surface area contributed by atoms with E-state index in [1.165, 1.54) is 5.56 Å². The van der Waals surface area contributed by atoms with Crippen LogP contribution in [0.3, 0.4) is 0 Å². The molecule has 1 saturated heterocycles. The van der Waals surface area contributed by atoms with Gasteiger partial charge in [-0.15, -0.1) is 0 Å². The van der Waals surface area contributed by atoms with E-state index in [1.807, 2.05) is 48.3 Å². The minimum absolute atomic E-state index is 0.0264. The summed E-state index contributed by atoms with van der Waals surface area (Å²) in [5.41, 5.74) is 2.17. The Balaban J connectivity index is 1.77. The molecule has 1 aromatic heterocycles. The van der Waals surface area contributed by atoms with Gasteiger partial charge in [-0.1, -0.05) is 30.0 Å². The minimum atomic E-state index is 0.0264. The van der Waals surface area contributed by atoms with E-state index < -0.39 is 0 Å². The molecule has 2 aliphatic rings. The zero-order valence-electron chi connectivity index (χ0n) is 11.4. The second-order valence-corrected chi connectivity index (χ2v) is 6.25. The van der Waals surface area contributed by atoms with Gasteiger partial charge in [0.15, 0.2) is 5.17 Å². The quantitative estimate of drug-likeness (QED) is 0.926. The summed E-state index contributed by atoms with van der Waals surface area (Å²) in [5, 5.41) is 10.6. The largest absolute Gasteiger partial charge is 0.508 e. The number of rotatable bonds is 2. The lowest BCUT2D eigenvalue weighted by Crippen LogP contribution is -2.27. The molecule has 2 aromatic rings. The highest BCUT2D eigenvalue weighted by atomic mass is 32.2. The van der Waals surface area contributed by atoms with Crippen molar-refractivity contribution in [2.45, 2.75) is 12.1 Å². The smallest absolute Gasteiger partial charge is 0.160 e. The lowest BCUT2D eigenvalue weighted by Gasteiger charge is -2.26. The van der Waals surface area contributed by atoms with Crippen molar-refractivity contribution in [3.63, 3.8) is 0 Å². The van der Waals surface area contributed by atoms with E-state index in [-0.39, 0.29) is 12.1 Å². The van der Waals surface area contributed by atoms with Gasteiger partial charge >= 0.3 is 0 Å². The Hall–Kier alpha value is -2.01. The van der Waals surface area contributed by atoms with Crippen molar-refractivity contribution in [2.75, 3.05) is 12.3 Å². The topological polar surface area (TPSA) is 48.7 Å². The number of thioether (sulfide) groups is 1. The Labute approximate surface area is 127 Å². The van der Waals surface area contributed by atoms with Gasteiger partial charge in [0.05, 0.1) is 11.7 Å². The van der Waals surface area contributed by atoms with E-state index >= 15 is 0 Å². The predicted octanol–water partition coefficient (Wildman–Crippen LogP) is 2.99. The van der Waals surface area contributed by atoms with Crippen molar-refractivity contribution in [2.24, 2.45) is 4.99 Å². The summed E-state index contributed by atoms with van der Waals surface area (Å²) in [5.74, 6) is 1.38. The minimum Gasteiger partial charge on any atom is -0.508 e. The van der Waals surface area contributed by atoms with Crippen LogP contribution in [-0.2, 0) is 0 Å². The fourth-order valence-electron chi connectivity index (χ4n) is 2.96. The maximum absolute atomic E-state index is 9.51. The standard InChI is InChI=1S/C16H15N3OS/c20-12-6-4-11(5-7-12)15-14(13-3-1-2-8-17-13)18-16-19(15)9-10-21-16/h1-8,14-15,20H,9-10H2/t14-,15+/m0/s1. The van der Waals surface area contributed by atoms with Crippen LogP contribution in [0.1, 0.15) is 23.3 Å². The van der Waals surface area contributed by atoms with Gasteiger partial charge in [0, 0.05) is 18.5 Å². The highest BCUT2D eigenvalue weighted by Gasteiger charge is 2.41. The Morgan fingerprint density at radius 3 is 2.76 bits per heavy atom. The van der Waals surface area contributed by atoms with Crippen LogP contribution in [0.25, 0.3) is 0 Å². The Morgan fingerprint density at radius 2 is 2.00 bits per heavy atom. The molecule has 0 radical (unpaired) electrons. The van der Waals surface area contributed by atoms with Crippen LogP contribution in [0, 0.1) is 0 Å². The van der Waals surface area contributed by atoms with Crippen molar-refractivity contribution in [3.8, 4) is 5.75 Å². The van der Waals surface area contributed by atoms with Gasteiger partial charge in [-0.05, 0) is 29.8 Å². The molecule has 4 nitrogen and oxygen atoms in total. The lowest BCUT2D eigenvalue weighted by molar-refractivity contribution is 0.332. The van der Waals surface area contributed by atoms with Gasteiger partial charge in [0.1, 0.15) is 11.8 Å². The molecule has 1 fully saturated rings. The normalized spacial score (nSPS) is 24.0. The second-order valence-electron chi connectivity index (χ2n) is 5.19. The van der Waals surface area contributed by atoms with Gasteiger partial charge in [-0.2, -0.15) is 0 Å². The molecule has 0 aliphatic carbocycles. The second kappa shape index (κ2) is 5.07. The molecule has 2 aliphatic heterocycles. The fraction of sp³-hybridized carbons (Fsp3) is 0.250. The first-order valence-corrected chi connectivity index (χ1v) is 7.98. The Bertz CT molecular complexity index is 672. The van der Waals surface area contributed by atoms with Gasteiger partial charge in [-0.25, -0.2) is 0 Å². The van der Waals surface area contributed by atoms with Crippen LogP contribution in [0.2, 0.25) is 0 Å². The highest BCUT2D eigenvalue weighted by molar-refractivity contribution is 8.14. The number of amidine groups is 1. The molecule has 21 heavy (non-hydrogen) atoms. The summed E-state index contributed by atoms with van der Waals surface area (Å²) >= 11 is 1.81. The van der Waals surface area contributed by atoms with Gasteiger partial charge in [0.2, 0.25) is 0 Å². The van der Waals surface area contributed by atoms with Gasteiger partial charge in [0.25, 0.3) is 0 Å². The number of phenols is 1. The first-order chi connectivity index (χ1) is 10.3. The number of aromatic nitrogens is 1. The molecular formula is C16H15N3OS. The van der Waals surface area contributed by atoms with Crippen molar-refractivity contribution in [1.82, 2.24) is 9.88 Å². The van der Waals surface area contributed by atoms with Crippen molar-refractivity contribution in [1.29, 1.82) is 0 Å². The number of phenolic OH excluding ortho intramolecular Hbond substituents is 1. The van der Waals surface area contributed by atoms with E-state index in [4.69, 9.17) is 4.99 Å². The Morgan fingerprint density at radius 1 is 1.14 bits per heavy atom. The van der Waals surface area contributed by atoms with Crippen LogP contribution in [-0.4, -0.2) is 32.5 Å². The number of hydrogen-bond acceptors (Lipinski definition) is 5. The third-order valence-corrected chi connectivity index (χ3v) is 4.90. The maximum Gasteiger partial charge on any atom is 0.160 e. The molecule has 1 aromatic carbocycles. The van der Waals surface area contributed by atoms with E-state index in [0.29, 0.717) is 5.75 Å². The number of aromatic hydroxyl groups is 1. The van der Waals surface area contributed by atoms with Gasteiger partial charge < -0.3 is 10.0 Å². The van der Waals surface area contributed by atoms with Gasteiger partial charge in [-0.3, -0.25) is 9.98 Å². The zero-order valence-corrected chi connectivity index (χ0v) is 12.2. The monoisotopic (exact) mass is 297 g/mol. The number of pyridine rings is 1. The average molecular weight is 297 g/mol. The predicted molar refractivity (Wildman–Crippen MR) is 84.4 cm³/mol. The highest BCUT2D eigenvalue weighted by Crippen LogP contribution is 2.45. The van der Waals surface area contributed by atoms with Crippen molar-refractivity contribution >= 4 is 16.9 Å². The van der Waals surface area contributed by atoms with Crippen molar-refractivity contribution < 1.29 is 5.11 Å². The van der Waals surface area contributed by atoms with Crippen LogP contribution < -0.4 is 0 Å². The molecular weight excluding hydrogens is 282 g/mol. The van der Waals surface area contributed by atoms with E-state index in [9.17, 15) is 5.11 Å². The molecule has 106 valence electrons. The van der Waals surface area contributed by atoms with Crippen molar-refractivity contribution in [3.05, 3.63) is 59.9 Å². The van der Waals surface area contributed by atoms with E-state index in [2.05, 4.69) is 9.88 Å². The third-order valence-electron chi connectivity index (χ3n) is 3.92. The number of hydrogen-bond donors (Lipinski definition) is 1. The third kappa shape index (κ3) is 2.17. The number of aliphatic imine (C=N–C) groups is 1. The van der Waals surface area contributed by atoms with E-state index in [0.717, 1.165) is 23.2 Å². The molecule has 2 atom stereocenters. The molecule has 4 rings (SSSR count). The summed E-state index contributed by atoms with van der Waals surface area (Å²) in [6.07, 6.45) is 1.82. The molecule has 0 unspecified atom stereocenters. The molecule has 5 heteroatoms. The first kappa shape index (κ1) is 12.7. The molecule has 3 heterocycles. The zero-order chi connectivity index (χ0) is 14.2. The number of benzene rings is 1. The summed E-state index contributed by atoms with van der Waals surface area (Å²) in [4.78, 5) is 11.7.